The van der Waals surface area contributed by atoms with Crippen LogP contribution in [-0.4, -0.2) is 26.6 Å². The van der Waals surface area contributed by atoms with E-state index in [1.165, 1.54) is 11.3 Å². The average Bonchev–Trinajstić information content (AvgIpc) is 3.07. The molecule has 0 bridgehead atoms. The van der Waals surface area contributed by atoms with Gasteiger partial charge in [0.25, 0.3) is 5.91 Å². The monoisotopic (exact) mass is 350 g/mol. The standard InChI is InChI=1S/C16H18N2O3S2/c1-2-23(20,21)17-13-7-8-14-12(11-13)5-3-9-18(14)16(19)15-6-4-10-22-15/h4,6-8,10-11,17H,2-3,5,9H2,1H3. The lowest BCUT2D eigenvalue weighted by Crippen LogP contribution is -2.35. The van der Waals surface area contributed by atoms with Crippen molar-refractivity contribution in [2.24, 2.45) is 0 Å². The van der Waals surface area contributed by atoms with Crippen LogP contribution in [0.15, 0.2) is 35.7 Å². The van der Waals surface area contributed by atoms with Gasteiger partial charge in [-0.3, -0.25) is 9.52 Å². The number of hydrogen-bond acceptors (Lipinski definition) is 4. The molecule has 3 rings (SSSR count). The van der Waals surface area contributed by atoms with Gasteiger partial charge in [0.05, 0.1) is 10.6 Å². The number of nitrogens with zero attached hydrogens (tertiary/aromatic N) is 1. The zero-order valence-electron chi connectivity index (χ0n) is 12.8. The summed E-state index contributed by atoms with van der Waals surface area (Å²) in [6.07, 6.45) is 1.71. The Labute approximate surface area is 140 Å². The minimum absolute atomic E-state index is 0.00263. The van der Waals surface area contributed by atoms with Crippen molar-refractivity contribution in [1.29, 1.82) is 0 Å². The summed E-state index contributed by atoms with van der Waals surface area (Å²) in [5.41, 5.74) is 2.42. The van der Waals surface area contributed by atoms with E-state index in [1.54, 1.807) is 17.9 Å². The molecule has 0 spiro atoms. The molecule has 0 radical (unpaired) electrons. The molecular formula is C16H18N2O3S2. The number of sulfonamides is 1. The lowest BCUT2D eigenvalue weighted by Gasteiger charge is -2.29. The molecule has 5 nitrogen and oxygen atoms in total. The van der Waals surface area contributed by atoms with Gasteiger partial charge in [-0.25, -0.2) is 8.42 Å². The lowest BCUT2D eigenvalue weighted by molar-refractivity contribution is 0.0989. The van der Waals surface area contributed by atoms with Crippen LogP contribution in [0.25, 0.3) is 0 Å². The number of amides is 1. The van der Waals surface area contributed by atoms with Gasteiger partial charge < -0.3 is 4.90 Å². The summed E-state index contributed by atoms with van der Waals surface area (Å²) >= 11 is 1.43. The van der Waals surface area contributed by atoms with E-state index in [0.717, 1.165) is 24.1 Å². The fourth-order valence-corrected chi connectivity index (χ4v) is 3.96. The van der Waals surface area contributed by atoms with Crippen LogP contribution in [0, 0.1) is 0 Å². The van der Waals surface area contributed by atoms with E-state index in [1.807, 2.05) is 29.6 Å². The normalized spacial score (nSPS) is 14.4. The lowest BCUT2D eigenvalue weighted by atomic mass is 10.0. The molecule has 2 heterocycles. The van der Waals surface area contributed by atoms with Gasteiger partial charge in [-0.2, -0.15) is 0 Å². The molecule has 0 atom stereocenters. The number of benzene rings is 1. The van der Waals surface area contributed by atoms with E-state index in [0.29, 0.717) is 17.1 Å². The summed E-state index contributed by atoms with van der Waals surface area (Å²) in [6.45, 7) is 2.28. The molecule has 1 N–H and O–H groups in total. The summed E-state index contributed by atoms with van der Waals surface area (Å²) in [5.74, 6) is 0.0374. The van der Waals surface area contributed by atoms with Gasteiger partial charge in [0, 0.05) is 17.9 Å². The number of aryl methyl sites for hydroxylation is 1. The van der Waals surface area contributed by atoms with E-state index in [-0.39, 0.29) is 11.7 Å². The van der Waals surface area contributed by atoms with Crippen molar-refractivity contribution in [2.75, 3.05) is 21.9 Å². The van der Waals surface area contributed by atoms with Crippen LogP contribution in [0.4, 0.5) is 11.4 Å². The maximum atomic E-state index is 12.6. The second-order valence-corrected chi connectivity index (χ2v) is 8.35. The molecular weight excluding hydrogens is 332 g/mol. The molecule has 0 saturated heterocycles. The van der Waals surface area contributed by atoms with Crippen LogP contribution < -0.4 is 9.62 Å². The Morgan fingerprint density at radius 3 is 2.87 bits per heavy atom. The SMILES string of the molecule is CCS(=O)(=O)Nc1ccc2c(c1)CCCN2C(=O)c1cccs1. The molecule has 23 heavy (non-hydrogen) atoms. The van der Waals surface area contributed by atoms with Crippen LogP contribution in [-0.2, 0) is 16.4 Å². The Morgan fingerprint density at radius 2 is 2.17 bits per heavy atom. The topological polar surface area (TPSA) is 66.5 Å². The van der Waals surface area contributed by atoms with Crippen molar-refractivity contribution in [2.45, 2.75) is 19.8 Å². The maximum Gasteiger partial charge on any atom is 0.268 e. The Morgan fingerprint density at radius 1 is 1.35 bits per heavy atom. The Kier molecular flexibility index (Phi) is 4.41. The van der Waals surface area contributed by atoms with Crippen LogP contribution in [0.3, 0.4) is 0 Å². The molecule has 1 amide bonds. The molecule has 0 aliphatic carbocycles. The summed E-state index contributed by atoms with van der Waals surface area (Å²) in [5, 5.41) is 1.89. The summed E-state index contributed by atoms with van der Waals surface area (Å²) in [6, 6.07) is 9.06. The molecule has 7 heteroatoms. The highest BCUT2D eigenvalue weighted by molar-refractivity contribution is 7.92. The Balaban J connectivity index is 1.90. The zero-order chi connectivity index (χ0) is 16.4. The number of thiophene rings is 1. The van der Waals surface area contributed by atoms with Gasteiger partial charge in [-0.05, 0) is 55.0 Å². The van der Waals surface area contributed by atoms with Gasteiger partial charge >= 0.3 is 0 Å². The quantitative estimate of drug-likeness (QED) is 0.921. The Bertz CT molecular complexity index is 814. The van der Waals surface area contributed by atoms with Gasteiger partial charge in [0.1, 0.15) is 0 Å². The predicted octanol–water partition coefficient (Wildman–Crippen LogP) is 3.10. The van der Waals surface area contributed by atoms with Crippen LogP contribution in [0.2, 0.25) is 0 Å². The van der Waals surface area contributed by atoms with Crippen LogP contribution in [0.5, 0.6) is 0 Å². The largest absolute Gasteiger partial charge is 0.307 e. The summed E-state index contributed by atoms with van der Waals surface area (Å²) in [7, 11) is -3.29. The van der Waals surface area contributed by atoms with Crippen LogP contribution in [0.1, 0.15) is 28.6 Å². The van der Waals surface area contributed by atoms with Gasteiger partial charge in [0.2, 0.25) is 10.0 Å². The first-order chi connectivity index (χ1) is 11.0. The van der Waals surface area contributed by atoms with Crippen molar-refractivity contribution in [3.63, 3.8) is 0 Å². The molecule has 0 unspecified atom stereocenters. The fourth-order valence-electron chi connectivity index (χ4n) is 2.66. The van der Waals surface area contributed by atoms with E-state index in [4.69, 9.17) is 0 Å². The number of carbonyl (C=O) groups is 1. The van der Waals surface area contributed by atoms with Gasteiger partial charge in [0.15, 0.2) is 0 Å². The minimum Gasteiger partial charge on any atom is -0.307 e. The van der Waals surface area contributed by atoms with E-state index in [2.05, 4.69) is 4.72 Å². The number of rotatable bonds is 4. The second-order valence-electron chi connectivity index (χ2n) is 5.39. The third-order valence-corrected chi connectivity index (χ3v) is 5.99. The van der Waals surface area contributed by atoms with Crippen molar-refractivity contribution in [3.05, 3.63) is 46.2 Å². The van der Waals surface area contributed by atoms with Crippen LogP contribution >= 0.6 is 11.3 Å². The average molecular weight is 350 g/mol. The van der Waals surface area contributed by atoms with Crippen molar-refractivity contribution in [3.8, 4) is 0 Å². The first kappa shape index (κ1) is 16.0. The van der Waals surface area contributed by atoms with Crippen molar-refractivity contribution >= 4 is 38.6 Å². The summed E-state index contributed by atoms with van der Waals surface area (Å²) in [4.78, 5) is 15.1. The third-order valence-electron chi connectivity index (χ3n) is 3.83. The number of anilines is 2. The number of carbonyl (C=O) groups excluding carboxylic acids is 1. The highest BCUT2D eigenvalue weighted by Gasteiger charge is 2.24. The third kappa shape index (κ3) is 3.40. The number of fused-ring (bicyclic) bond motifs is 1. The van der Waals surface area contributed by atoms with Crippen molar-refractivity contribution in [1.82, 2.24) is 0 Å². The first-order valence-electron chi connectivity index (χ1n) is 7.49. The minimum atomic E-state index is -3.29. The molecule has 1 aromatic heterocycles. The molecule has 1 aliphatic rings. The molecule has 0 saturated carbocycles. The fraction of sp³-hybridized carbons (Fsp3) is 0.312. The highest BCUT2D eigenvalue weighted by atomic mass is 32.2. The maximum absolute atomic E-state index is 12.6. The smallest absolute Gasteiger partial charge is 0.268 e. The predicted molar refractivity (Wildman–Crippen MR) is 93.8 cm³/mol. The molecule has 2 aromatic rings. The molecule has 1 aliphatic heterocycles. The van der Waals surface area contributed by atoms with E-state index < -0.39 is 10.0 Å². The number of hydrogen-bond donors (Lipinski definition) is 1. The molecule has 122 valence electrons. The van der Waals surface area contributed by atoms with Gasteiger partial charge in [-0.1, -0.05) is 6.07 Å². The summed E-state index contributed by atoms with van der Waals surface area (Å²) < 4.78 is 25.9. The molecule has 1 aromatic carbocycles. The first-order valence-corrected chi connectivity index (χ1v) is 10.0. The highest BCUT2D eigenvalue weighted by Crippen LogP contribution is 2.31. The second kappa shape index (κ2) is 6.33. The van der Waals surface area contributed by atoms with E-state index >= 15 is 0 Å². The number of nitrogens with one attached hydrogen (secondary N) is 1. The molecule has 0 fully saturated rings. The Hall–Kier alpha value is -1.86. The van der Waals surface area contributed by atoms with Crippen molar-refractivity contribution < 1.29 is 13.2 Å². The van der Waals surface area contributed by atoms with E-state index in [9.17, 15) is 13.2 Å². The zero-order valence-corrected chi connectivity index (χ0v) is 14.4. The van der Waals surface area contributed by atoms with Gasteiger partial charge in [-0.15, -0.1) is 11.3 Å².